The van der Waals surface area contributed by atoms with E-state index in [1.807, 2.05) is 6.92 Å². The lowest BCUT2D eigenvalue weighted by atomic mass is 9.92. The summed E-state index contributed by atoms with van der Waals surface area (Å²) in [6.07, 6.45) is -3.97. The molecule has 1 rings (SSSR count). The summed E-state index contributed by atoms with van der Waals surface area (Å²) in [6, 6.07) is 4.85. The molecular weight excluding hydrogens is 269 g/mol. The van der Waals surface area contributed by atoms with Crippen molar-refractivity contribution >= 4 is 5.78 Å². The third kappa shape index (κ3) is 4.07. The summed E-state index contributed by atoms with van der Waals surface area (Å²) in [5.41, 5.74) is -1.33. The van der Waals surface area contributed by atoms with Crippen LogP contribution in [0.4, 0.5) is 13.2 Å². The van der Waals surface area contributed by atoms with Crippen LogP contribution in [0.5, 0.6) is 0 Å². The average molecular weight is 288 g/mol. The van der Waals surface area contributed by atoms with E-state index in [0.29, 0.717) is 18.6 Å². The number of benzene rings is 1. The van der Waals surface area contributed by atoms with Crippen molar-refractivity contribution in [2.24, 2.45) is 0 Å². The highest BCUT2D eigenvalue weighted by Gasteiger charge is 2.33. The molecule has 5 heteroatoms. The molecule has 0 heterocycles. The van der Waals surface area contributed by atoms with Crippen LogP contribution in [0.2, 0.25) is 0 Å². The van der Waals surface area contributed by atoms with Gasteiger partial charge in [-0.2, -0.15) is 13.2 Å². The van der Waals surface area contributed by atoms with Crippen molar-refractivity contribution in [2.75, 3.05) is 6.61 Å². The minimum atomic E-state index is -4.40. The van der Waals surface area contributed by atoms with Crippen molar-refractivity contribution in [3.05, 3.63) is 35.4 Å². The van der Waals surface area contributed by atoms with Gasteiger partial charge in [-0.1, -0.05) is 25.1 Å². The number of ether oxygens (including phenoxy) is 1. The number of Topliss-reactive ketones (excluding diaryl/α,β-unsaturated/α-hetero) is 1. The van der Waals surface area contributed by atoms with Gasteiger partial charge in [0.1, 0.15) is 5.60 Å². The first-order valence-electron chi connectivity index (χ1n) is 6.56. The van der Waals surface area contributed by atoms with E-state index in [4.69, 9.17) is 4.74 Å². The predicted octanol–water partition coefficient (Wildman–Crippen LogP) is 4.02. The Morgan fingerprint density at radius 3 is 2.40 bits per heavy atom. The first-order valence-corrected chi connectivity index (χ1v) is 6.56. The van der Waals surface area contributed by atoms with Gasteiger partial charge in [-0.25, -0.2) is 0 Å². The minimum absolute atomic E-state index is 0.0613. The molecule has 2 nitrogen and oxygen atoms in total. The second-order valence-corrected chi connectivity index (χ2v) is 4.82. The average Bonchev–Trinajstić information content (AvgIpc) is 2.38. The molecule has 0 spiro atoms. The van der Waals surface area contributed by atoms with Gasteiger partial charge in [-0.05, 0) is 31.9 Å². The van der Waals surface area contributed by atoms with Gasteiger partial charge in [-0.3, -0.25) is 4.79 Å². The van der Waals surface area contributed by atoms with E-state index < -0.39 is 17.3 Å². The molecule has 1 aromatic carbocycles. The first-order chi connectivity index (χ1) is 9.23. The fourth-order valence-electron chi connectivity index (χ4n) is 1.93. The maximum atomic E-state index is 12.6. The standard InChI is InChI=1S/C15H19F3O2/c1-4-14(3,20-5-2)13(19)10-11-7-6-8-12(9-11)15(16,17)18/h6-9H,4-5,10H2,1-3H3. The Balaban J connectivity index is 2.91. The zero-order valence-corrected chi connectivity index (χ0v) is 11.9. The van der Waals surface area contributed by atoms with E-state index in [1.54, 1.807) is 13.8 Å². The van der Waals surface area contributed by atoms with Crippen LogP contribution in [0.3, 0.4) is 0 Å². The number of carbonyl (C=O) groups excluding carboxylic acids is 1. The van der Waals surface area contributed by atoms with Crippen LogP contribution < -0.4 is 0 Å². The molecule has 1 atom stereocenters. The number of hydrogen-bond acceptors (Lipinski definition) is 2. The maximum Gasteiger partial charge on any atom is 0.416 e. The normalized spacial score (nSPS) is 14.9. The second kappa shape index (κ2) is 6.39. The summed E-state index contributed by atoms with van der Waals surface area (Å²) in [7, 11) is 0. The van der Waals surface area contributed by atoms with Gasteiger partial charge < -0.3 is 4.74 Å². The molecule has 1 aromatic rings. The molecule has 0 saturated carbocycles. The van der Waals surface area contributed by atoms with E-state index in [2.05, 4.69) is 0 Å². The monoisotopic (exact) mass is 288 g/mol. The summed E-state index contributed by atoms with van der Waals surface area (Å²) in [6.45, 7) is 5.66. The first kappa shape index (κ1) is 16.7. The Bertz CT molecular complexity index is 468. The molecule has 0 aliphatic carbocycles. The van der Waals surface area contributed by atoms with Crippen LogP contribution in [0.25, 0.3) is 0 Å². The van der Waals surface area contributed by atoms with Crippen LogP contribution >= 0.6 is 0 Å². The minimum Gasteiger partial charge on any atom is -0.368 e. The Labute approximate surface area is 116 Å². The second-order valence-electron chi connectivity index (χ2n) is 4.82. The number of hydrogen-bond donors (Lipinski definition) is 0. The zero-order valence-electron chi connectivity index (χ0n) is 11.9. The van der Waals surface area contributed by atoms with E-state index in [1.165, 1.54) is 12.1 Å². The van der Waals surface area contributed by atoms with E-state index in [9.17, 15) is 18.0 Å². The lowest BCUT2D eigenvalue weighted by Gasteiger charge is -2.26. The van der Waals surface area contributed by atoms with Gasteiger partial charge >= 0.3 is 6.18 Å². The van der Waals surface area contributed by atoms with Crippen molar-refractivity contribution in [3.63, 3.8) is 0 Å². The summed E-state index contributed by atoms with van der Waals surface area (Å²) >= 11 is 0. The fourth-order valence-corrected chi connectivity index (χ4v) is 1.93. The molecule has 0 aliphatic rings. The summed E-state index contributed by atoms with van der Waals surface area (Å²) in [5, 5.41) is 0. The van der Waals surface area contributed by atoms with Crippen molar-refractivity contribution in [1.82, 2.24) is 0 Å². The van der Waals surface area contributed by atoms with Gasteiger partial charge in [0.15, 0.2) is 5.78 Å². The van der Waals surface area contributed by atoms with Crippen molar-refractivity contribution < 1.29 is 22.7 Å². The smallest absolute Gasteiger partial charge is 0.368 e. The molecule has 0 saturated heterocycles. The summed E-state index contributed by atoms with van der Waals surface area (Å²) in [4.78, 5) is 12.2. The van der Waals surface area contributed by atoms with Gasteiger partial charge in [0.25, 0.3) is 0 Å². The van der Waals surface area contributed by atoms with Crippen molar-refractivity contribution in [2.45, 2.75) is 45.4 Å². The zero-order chi connectivity index (χ0) is 15.4. The number of rotatable bonds is 6. The summed E-state index contributed by atoms with van der Waals surface area (Å²) in [5.74, 6) is -0.207. The summed E-state index contributed by atoms with van der Waals surface area (Å²) < 4.78 is 43.3. The predicted molar refractivity (Wildman–Crippen MR) is 70.5 cm³/mol. The van der Waals surface area contributed by atoms with Crippen LogP contribution in [0, 0.1) is 0 Å². The Hall–Kier alpha value is -1.36. The molecule has 0 aromatic heterocycles. The Morgan fingerprint density at radius 1 is 1.25 bits per heavy atom. The molecule has 0 N–H and O–H groups in total. The van der Waals surface area contributed by atoms with Gasteiger partial charge in [0.2, 0.25) is 0 Å². The highest BCUT2D eigenvalue weighted by molar-refractivity contribution is 5.88. The molecule has 20 heavy (non-hydrogen) atoms. The third-order valence-electron chi connectivity index (χ3n) is 3.35. The molecule has 112 valence electrons. The van der Waals surface area contributed by atoms with Crippen LogP contribution in [0.1, 0.15) is 38.3 Å². The van der Waals surface area contributed by atoms with Crippen molar-refractivity contribution in [3.8, 4) is 0 Å². The van der Waals surface area contributed by atoms with Gasteiger partial charge in [0, 0.05) is 13.0 Å². The largest absolute Gasteiger partial charge is 0.416 e. The lowest BCUT2D eigenvalue weighted by molar-refractivity contribution is -0.142. The molecule has 0 aliphatic heterocycles. The third-order valence-corrected chi connectivity index (χ3v) is 3.35. The van der Waals surface area contributed by atoms with Crippen molar-refractivity contribution in [1.29, 1.82) is 0 Å². The van der Waals surface area contributed by atoms with Crippen LogP contribution in [-0.4, -0.2) is 18.0 Å². The molecule has 0 fully saturated rings. The quantitative estimate of drug-likeness (QED) is 0.790. The molecular formula is C15H19F3O2. The highest BCUT2D eigenvalue weighted by Crippen LogP contribution is 2.30. The van der Waals surface area contributed by atoms with Gasteiger partial charge in [-0.15, -0.1) is 0 Å². The molecule has 0 amide bonds. The molecule has 0 radical (unpaired) electrons. The number of ketones is 1. The number of carbonyl (C=O) groups is 1. The van der Waals surface area contributed by atoms with Crippen LogP contribution in [-0.2, 0) is 22.1 Å². The Kier molecular flexibility index (Phi) is 5.34. The maximum absolute atomic E-state index is 12.6. The Morgan fingerprint density at radius 2 is 1.90 bits per heavy atom. The SMILES string of the molecule is CCOC(C)(CC)C(=O)Cc1cccc(C(F)(F)F)c1. The van der Waals surface area contributed by atoms with E-state index in [0.717, 1.165) is 12.1 Å². The molecule has 0 bridgehead atoms. The molecule has 1 unspecified atom stereocenters. The van der Waals surface area contributed by atoms with E-state index in [-0.39, 0.29) is 12.2 Å². The van der Waals surface area contributed by atoms with Gasteiger partial charge in [0.05, 0.1) is 5.56 Å². The van der Waals surface area contributed by atoms with E-state index >= 15 is 0 Å². The number of halogens is 3. The topological polar surface area (TPSA) is 26.3 Å². The number of alkyl halides is 3. The fraction of sp³-hybridized carbons (Fsp3) is 0.533. The lowest BCUT2D eigenvalue weighted by Crippen LogP contribution is -2.39. The van der Waals surface area contributed by atoms with Crippen LogP contribution in [0.15, 0.2) is 24.3 Å². The highest BCUT2D eigenvalue weighted by atomic mass is 19.4.